The summed E-state index contributed by atoms with van der Waals surface area (Å²) in [6.07, 6.45) is 0.756. The van der Waals surface area contributed by atoms with Crippen LogP contribution in [0.1, 0.15) is 5.56 Å². The number of piperazine rings is 1. The molecule has 6 nitrogen and oxygen atoms in total. The van der Waals surface area contributed by atoms with Gasteiger partial charge in [-0.15, -0.1) is 0 Å². The van der Waals surface area contributed by atoms with E-state index >= 15 is 0 Å². The van der Waals surface area contributed by atoms with Crippen molar-refractivity contribution < 1.29 is 14.4 Å². The Kier molecular flexibility index (Phi) is 4.95. The molecular weight excluding hydrogens is 338 g/mol. The van der Waals surface area contributed by atoms with Crippen LogP contribution in [0.15, 0.2) is 22.7 Å². The minimum Gasteiger partial charge on any atom is -0.342 e. The normalized spacial score (nSPS) is 14.8. The van der Waals surface area contributed by atoms with E-state index in [4.69, 9.17) is 0 Å². The standard InChI is InChI=1S/C14H16BrN3O3/c1-10-2-3-11(8-12(10)15)16-13(20)14(21)18-6-4-17(9-19)5-7-18/h2-3,8-9H,4-7H2,1H3,(H,16,20). The zero-order chi connectivity index (χ0) is 15.4. The maximum Gasteiger partial charge on any atom is 0.313 e. The number of carbonyl (C=O) groups excluding carboxylic acids is 3. The molecule has 0 bridgehead atoms. The van der Waals surface area contributed by atoms with Crippen molar-refractivity contribution in [2.45, 2.75) is 6.92 Å². The molecule has 1 heterocycles. The Morgan fingerprint density at radius 2 is 1.90 bits per heavy atom. The van der Waals surface area contributed by atoms with E-state index in [1.807, 2.05) is 13.0 Å². The Balaban J connectivity index is 1.95. The van der Waals surface area contributed by atoms with Crippen LogP contribution in [0, 0.1) is 6.92 Å². The first-order valence-electron chi connectivity index (χ1n) is 6.57. The molecule has 0 spiro atoms. The highest BCUT2D eigenvalue weighted by Gasteiger charge is 2.25. The van der Waals surface area contributed by atoms with Crippen molar-refractivity contribution in [2.75, 3.05) is 31.5 Å². The van der Waals surface area contributed by atoms with E-state index < -0.39 is 11.8 Å². The third kappa shape index (κ3) is 3.81. The lowest BCUT2D eigenvalue weighted by molar-refractivity contribution is -0.144. The van der Waals surface area contributed by atoms with Gasteiger partial charge in [-0.1, -0.05) is 22.0 Å². The number of carbonyl (C=O) groups is 3. The van der Waals surface area contributed by atoms with Crippen LogP contribution in [0.25, 0.3) is 0 Å². The highest BCUT2D eigenvalue weighted by molar-refractivity contribution is 9.10. The minimum atomic E-state index is -0.662. The molecule has 2 rings (SSSR count). The van der Waals surface area contributed by atoms with Crippen molar-refractivity contribution in [2.24, 2.45) is 0 Å². The van der Waals surface area contributed by atoms with E-state index in [2.05, 4.69) is 21.2 Å². The largest absolute Gasteiger partial charge is 0.342 e. The maximum absolute atomic E-state index is 12.0. The molecule has 0 unspecified atom stereocenters. The number of aryl methyl sites for hydroxylation is 1. The Labute approximate surface area is 131 Å². The van der Waals surface area contributed by atoms with Crippen LogP contribution in [0.5, 0.6) is 0 Å². The molecule has 21 heavy (non-hydrogen) atoms. The third-order valence-electron chi connectivity index (χ3n) is 3.37. The summed E-state index contributed by atoms with van der Waals surface area (Å²) >= 11 is 3.38. The Morgan fingerprint density at radius 3 is 2.48 bits per heavy atom. The van der Waals surface area contributed by atoms with Crippen molar-refractivity contribution in [1.82, 2.24) is 9.80 Å². The molecular formula is C14H16BrN3O3. The fourth-order valence-electron chi connectivity index (χ4n) is 2.03. The van der Waals surface area contributed by atoms with Gasteiger partial charge in [-0.25, -0.2) is 0 Å². The van der Waals surface area contributed by atoms with Gasteiger partial charge in [-0.2, -0.15) is 0 Å². The van der Waals surface area contributed by atoms with E-state index in [1.54, 1.807) is 17.0 Å². The molecule has 0 aromatic heterocycles. The number of nitrogens with zero attached hydrogens (tertiary/aromatic N) is 2. The first-order chi connectivity index (χ1) is 10.0. The number of nitrogens with one attached hydrogen (secondary N) is 1. The monoisotopic (exact) mass is 353 g/mol. The number of anilines is 1. The lowest BCUT2D eigenvalue weighted by Crippen LogP contribution is -2.51. The topological polar surface area (TPSA) is 69.7 Å². The summed E-state index contributed by atoms with van der Waals surface area (Å²) < 4.78 is 0.868. The predicted octanol–water partition coefficient (Wildman–Crippen LogP) is 0.997. The smallest absolute Gasteiger partial charge is 0.313 e. The van der Waals surface area contributed by atoms with Gasteiger partial charge in [0.05, 0.1) is 0 Å². The van der Waals surface area contributed by atoms with E-state index in [-0.39, 0.29) is 0 Å². The van der Waals surface area contributed by atoms with Gasteiger partial charge in [0, 0.05) is 36.3 Å². The first kappa shape index (κ1) is 15.5. The van der Waals surface area contributed by atoms with Crippen molar-refractivity contribution in [3.05, 3.63) is 28.2 Å². The second kappa shape index (κ2) is 6.71. The SMILES string of the molecule is Cc1ccc(NC(=O)C(=O)N2CCN(C=O)CC2)cc1Br. The molecule has 0 atom stereocenters. The molecule has 0 aliphatic carbocycles. The number of halogens is 1. The molecule has 0 saturated carbocycles. The molecule has 7 heteroatoms. The second-order valence-corrected chi connectivity index (χ2v) is 5.71. The van der Waals surface area contributed by atoms with Gasteiger partial charge in [0.1, 0.15) is 0 Å². The highest BCUT2D eigenvalue weighted by Crippen LogP contribution is 2.20. The summed E-state index contributed by atoms with van der Waals surface area (Å²) in [4.78, 5) is 37.7. The van der Waals surface area contributed by atoms with Crippen molar-refractivity contribution >= 4 is 39.8 Å². The fourth-order valence-corrected chi connectivity index (χ4v) is 2.41. The predicted molar refractivity (Wildman–Crippen MR) is 81.7 cm³/mol. The lowest BCUT2D eigenvalue weighted by Gasteiger charge is -2.31. The molecule has 1 aromatic rings. The molecule has 1 aliphatic heterocycles. The third-order valence-corrected chi connectivity index (χ3v) is 4.23. The summed E-state index contributed by atoms with van der Waals surface area (Å²) in [6.45, 7) is 3.61. The number of benzene rings is 1. The molecule has 3 amide bonds. The lowest BCUT2D eigenvalue weighted by atomic mass is 10.2. The summed E-state index contributed by atoms with van der Waals surface area (Å²) in [5.74, 6) is -1.23. The van der Waals surface area contributed by atoms with Gasteiger partial charge in [0.2, 0.25) is 6.41 Å². The van der Waals surface area contributed by atoms with Gasteiger partial charge in [0.15, 0.2) is 0 Å². The summed E-state index contributed by atoms with van der Waals surface area (Å²) in [6, 6.07) is 5.35. The van der Waals surface area contributed by atoms with Crippen LogP contribution >= 0.6 is 15.9 Å². The molecule has 1 fully saturated rings. The van der Waals surface area contributed by atoms with Crippen LogP contribution in [-0.2, 0) is 14.4 Å². The summed E-state index contributed by atoms with van der Waals surface area (Å²) in [7, 11) is 0. The van der Waals surface area contributed by atoms with E-state index in [0.717, 1.165) is 16.4 Å². The average molecular weight is 354 g/mol. The van der Waals surface area contributed by atoms with E-state index in [9.17, 15) is 14.4 Å². The zero-order valence-corrected chi connectivity index (χ0v) is 13.2. The van der Waals surface area contributed by atoms with Crippen LogP contribution in [0.3, 0.4) is 0 Å². The number of rotatable bonds is 2. The number of hydrogen-bond donors (Lipinski definition) is 1. The second-order valence-electron chi connectivity index (χ2n) is 4.85. The molecule has 1 aliphatic rings. The average Bonchev–Trinajstić information content (AvgIpc) is 2.50. The summed E-state index contributed by atoms with van der Waals surface area (Å²) in [5.41, 5.74) is 1.61. The minimum absolute atomic E-state index is 0.378. The van der Waals surface area contributed by atoms with Gasteiger partial charge in [-0.3, -0.25) is 14.4 Å². The van der Waals surface area contributed by atoms with Crippen molar-refractivity contribution in [3.8, 4) is 0 Å². The first-order valence-corrected chi connectivity index (χ1v) is 7.36. The quantitative estimate of drug-likeness (QED) is 0.636. The Hall–Kier alpha value is -1.89. The highest BCUT2D eigenvalue weighted by atomic mass is 79.9. The fraction of sp³-hybridized carbons (Fsp3) is 0.357. The molecule has 1 N–H and O–H groups in total. The van der Waals surface area contributed by atoms with Gasteiger partial charge in [0.25, 0.3) is 0 Å². The van der Waals surface area contributed by atoms with Crippen LogP contribution < -0.4 is 5.32 Å². The number of hydrogen-bond acceptors (Lipinski definition) is 3. The van der Waals surface area contributed by atoms with Crippen LogP contribution in [0.4, 0.5) is 5.69 Å². The molecule has 1 aromatic carbocycles. The van der Waals surface area contributed by atoms with Crippen LogP contribution in [0.2, 0.25) is 0 Å². The Bertz CT molecular complexity index is 569. The van der Waals surface area contributed by atoms with Gasteiger partial charge >= 0.3 is 11.8 Å². The zero-order valence-electron chi connectivity index (χ0n) is 11.6. The maximum atomic E-state index is 12.0. The molecule has 112 valence electrons. The van der Waals surface area contributed by atoms with Crippen LogP contribution in [-0.4, -0.2) is 54.2 Å². The summed E-state index contributed by atoms with van der Waals surface area (Å²) in [5, 5.41) is 2.59. The van der Waals surface area contributed by atoms with E-state index in [1.165, 1.54) is 4.90 Å². The van der Waals surface area contributed by atoms with Crippen molar-refractivity contribution in [3.63, 3.8) is 0 Å². The van der Waals surface area contributed by atoms with Crippen molar-refractivity contribution in [1.29, 1.82) is 0 Å². The molecule has 0 radical (unpaired) electrons. The Morgan fingerprint density at radius 1 is 1.24 bits per heavy atom. The van der Waals surface area contributed by atoms with Gasteiger partial charge in [-0.05, 0) is 24.6 Å². The van der Waals surface area contributed by atoms with E-state index in [0.29, 0.717) is 31.9 Å². The molecule has 1 saturated heterocycles. The van der Waals surface area contributed by atoms with Gasteiger partial charge < -0.3 is 15.1 Å². The number of amides is 3.